The van der Waals surface area contributed by atoms with E-state index in [0.29, 0.717) is 11.5 Å². The Hall–Kier alpha value is -0.830. The van der Waals surface area contributed by atoms with Crippen molar-refractivity contribution in [3.8, 4) is 0 Å². The molecule has 0 aromatic carbocycles. The van der Waals surface area contributed by atoms with Crippen LogP contribution in [0.3, 0.4) is 0 Å². The van der Waals surface area contributed by atoms with Crippen LogP contribution >= 0.6 is 0 Å². The van der Waals surface area contributed by atoms with Crippen LogP contribution in [0.15, 0.2) is 6.07 Å². The average Bonchev–Trinajstić information content (AvgIpc) is 2.54. The Morgan fingerprint density at radius 2 is 1.94 bits per heavy atom. The lowest BCUT2D eigenvalue weighted by atomic mass is 9.84. The summed E-state index contributed by atoms with van der Waals surface area (Å²) in [5.74, 6) is 0.745. The first-order valence-corrected chi connectivity index (χ1v) is 6.95. The average molecular weight is 251 g/mol. The molecule has 1 heterocycles. The second-order valence-electron chi connectivity index (χ2n) is 6.70. The molecule has 0 aliphatic rings. The van der Waals surface area contributed by atoms with E-state index in [0.717, 1.165) is 18.2 Å². The quantitative estimate of drug-likeness (QED) is 0.839. The Labute approximate surface area is 112 Å². The minimum Gasteiger partial charge on any atom is -0.308 e. The van der Waals surface area contributed by atoms with Crippen LogP contribution in [0.25, 0.3) is 0 Å². The Morgan fingerprint density at radius 3 is 2.39 bits per heavy atom. The molecule has 0 radical (unpaired) electrons. The Balaban J connectivity index is 2.53. The molecule has 0 unspecified atom stereocenters. The summed E-state index contributed by atoms with van der Waals surface area (Å²) in [6, 6.07) is 2.48. The van der Waals surface area contributed by atoms with E-state index in [9.17, 15) is 0 Å². The van der Waals surface area contributed by atoms with Crippen molar-refractivity contribution in [3.05, 3.63) is 17.5 Å². The van der Waals surface area contributed by atoms with E-state index in [4.69, 9.17) is 0 Å². The third-order valence-corrected chi connectivity index (χ3v) is 3.42. The van der Waals surface area contributed by atoms with Crippen molar-refractivity contribution in [2.75, 3.05) is 6.54 Å². The highest BCUT2D eigenvalue weighted by Gasteiger charge is 2.21. The van der Waals surface area contributed by atoms with Crippen LogP contribution in [-0.4, -0.2) is 16.3 Å². The summed E-state index contributed by atoms with van der Waals surface area (Å²) in [6.07, 6.45) is 1.24. The molecule has 1 aromatic heterocycles. The van der Waals surface area contributed by atoms with Crippen molar-refractivity contribution in [1.29, 1.82) is 0 Å². The maximum absolute atomic E-state index is 4.53. The molecule has 1 atom stereocenters. The molecular weight excluding hydrogens is 222 g/mol. The highest BCUT2D eigenvalue weighted by molar-refractivity contribution is 5.11. The van der Waals surface area contributed by atoms with Gasteiger partial charge in [-0.3, -0.25) is 4.68 Å². The van der Waals surface area contributed by atoms with E-state index in [1.807, 2.05) is 11.7 Å². The van der Waals surface area contributed by atoms with Crippen LogP contribution in [0.4, 0.5) is 0 Å². The fraction of sp³-hybridized carbons (Fsp3) is 0.800. The normalized spacial score (nSPS) is 14.2. The van der Waals surface area contributed by atoms with E-state index in [2.05, 4.69) is 58.0 Å². The van der Waals surface area contributed by atoms with Gasteiger partial charge in [-0.1, -0.05) is 27.7 Å². The molecule has 3 nitrogen and oxygen atoms in total. The fourth-order valence-corrected chi connectivity index (χ4v) is 2.51. The number of nitrogens with one attached hydrogen (secondary N) is 1. The van der Waals surface area contributed by atoms with Crippen molar-refractivity contribution in [1.82, 2.24) is 15.1 Å². The molecule has 0 saturated heterocycles. The molecule has 3 heteroatoms. The molecule has 0 amide bonds. The lowest BCUT2D eigenvalue weighted by Crippen LogP contribution is -2.32. The minimum atomic E-state index is 0.316. The number of hydrogen-bond acceptors (Lipinski definition) is 2. The van der Waals surface area contributed by atoms with Gasteiger partial charge in [0.2, 0.25) is 0 Å². The van der Waals surface area contributed by atoms with Crippen LogP contribution in [0.1, 0.15) is 58.5 Å². The monoisotopic (exact) mass is 251 g/mol. The zero-order chi connectivity index (χ0) is 13.9. The summed E-state index contributed by atoms with van der Waals surface area (Å²) in [5.41, 5.74) is 2.68. The zero-order valence-electron chi connectivity index (χ0n) is 13.0. The molecule has 0 bridgehead atoms. The van der Waals surface area contributed by atoms with Gasteiger partial charge >= 0.3 is 0 Å². The van der Waals surface area contributed by atoms with E-state index < -0.39 is 0 Å². The van der Waals surface area contributed by atoms with Gasteiger partial charge in [0.15, 0.2) is 0 Å². The lowest BCUT2D eigenvalue weighted by Gasteiger charge is -2.28. The van der Waals surface area contributed by atoms with Crippen LogP contribution in [0.5, 0.6) is 0 Å². The molecule has 0 aliphatic carbocycles. The van der Waals surface area contributed by atoms with Crippen molar-refractivity contribution < 1.29 is 0 Å². The molecule has 0 aliphatic heterocycles. The molecule has 1 N–H and O–H groups in total. The van der Waals surface area contributed by atoms with Gasteiger partial charge in [-0.15, -0.1) is 0 Å². The molecule has 1 aromatic rings. The number of aryl methyl sites for hydroxylation is 2. The molecule has 18 heavy (non-hydrogen) atoms. The topological polar surface area (TPSA) is 29.9 Å². The van der Waals surface area contributed by atoms with E-state index in [-0.39, 0.29) is 0 Å². The second-order valence-corrected chi connectivity index (χ2v) is 6.70. The van der Waals surface area contributed by atoms with Gasteiger partial charge in [0, 0.05) is 25.3 Å². The maximum Gasteiger partial charge on any atom is 0.0793 e. The van der Waals surface area contributed by atoms with Gasteiger partial charge in [-0.2, -0.15) is 5.10 Å². The van der Waals surface area contributed by atoms with Crippen molar-refractivity contribution in [3.63, 3.8) is 0 Å². The summed E-state index contributed by atoms with van der Waals surface area (Å²) in [6.45, 7) is 14.5. The van der Waals surface area contributed by atoms with Crippen LogP contribution < -0.4 is 5.32 Å². The number of rotatable bonds is 6. The molecule has 1 rings (SSSR count). The first-order chi connectivity index (χ1) is 8.21. The molecule has 0 saturated carbocycles. The van der Waals surface area contributed by atoms with Crippen molar-refractivity contribution in [2.24, 2.45) is 18.4 Å². The summed E-state index contributed by atoms with van der Waals surface area (Å²) in [7, 11) is 1.99. The Kier molecular flexibility index (Phi) is 4.97. The molecule has 0 spiro atoms. The number of nitrogens with zero attached hydrogens (tertiary/aromatic N) is 2. The van der Waals surface area contributed by atoms with E-state index in [1.54, 1.807) is 0 Å². The fourth-order valence-electron chi connectivity index (χ4n) is 2.51. The predicted octanol–water partition coefficient (Wildman–Crippen LogP) is 3.45. The third kappa shape index (κ3) is 4.45. The predicted molar refractivity (Wildman–Crippen MR) is 77.6 cm³/mol. The summed E-state index contributed by atoms with van der Waals surface area (Å²) >= 11 is 0. The Bertz CT molecular complexity index is 358. The van der Waals surface area contributed by atoms with Gasteiger partial charge in [0.1, 0.15) is 0 Å². The van der Waals surface area contributed by atoms with Gasteiger partial charge in [0.05, 0.1) is 5.69 Å². The largest absolute Gasteiger partial charge is 0.308 e. The molecule has 104 valence electrons. The lowest BCUT2D eigenvalue weighted by molar-refractivity contribution is 0.263. The summed E-state index contributed by atoms with van der Waals surface area (Å²) in [4.78, 5) is 0. The second kappa shape index (κ2) is 5.87. The smallest absolute Gasteiger partial charge is 0.0793 e. The van der Waals surface area contributed by atoms with Crippen molar-refractivity contribution >= 4 is 0 Å². The van der Waals surface area contributed by atoms with E-state index in [1.165, 1.54) is 12.1 Å². The summed E-state index contributed by atoms with van der Waals surface area (Å²) in [5, 5.41) is 8.14. The zero-order valence-corrected chi connectivity index (χ0v) is 13.0. The molecular formula is C15H29N3. The standard InChI is InChI=1S/C15H29N3/c1-11(2)9-15(5,6)10-16-13(4)14-8-12(3)18(7)17-14/h8,11,13,16H,9-10H2,1-7H3/t13-/m0/s1. The van der Waals surface area contributed by atoms with Gasteiger partial charge < -0.3 is 5.32 Å². The summed E-state index contributed by atoms with van der Waals surface area (Å²) < 4.78 is 1.94. The maximum atomic E-state index is 4.53. The van der Waals surface area contributed by atoms with Crippen LogP contribution in [0, 0.1) is 18.3 Å². The third-order valence-electron chi connectivity index (χ3n) is 3.42. The van der Waals surface area contributed by atoms with E-state index >= 15 is 0 Å². The van der Waals surface area contributed by atoms with Gasteiger partial charge in [-0.05, 0) is 37.7 Å². The van der Waals surface area contributed by atoms with Gasteiger partial charge in [0.25, 0.3) is 0 Å². The van der Waals surface area contributed by atoms with Crippen LogP contribution in [-0.2, 0) is 7.05 Å². The van der Waals surface area contributed by atoms with Crippen LogP contribution in [0.2, 0.25) is 0 Å². The first kappa shape index (κ1) is 15.2. The highest BCUT2D eigenvalue weighted by atomic mass is 15.3. The highest BCUT2D eigenvalue weighted by Crippen LogP contribution is 2.25. The number of hydrogen-bond donors (Lipinski definition) is 1. The van der Waals surface area contributed by atoms with Crippen molar-refractivity contribution in [2.45, 2.75) is 54.0 Å². The van der Waals surface area contributed by atoms with Gasteiger partial charge in [-0.25, -0.2) is 0 Å². The molecule has 0 fully saturated rings. The SMILES string of the molecule is Cc1cc([C@H](C)NCC(C)(C)CC(C)C)nn1C. The first-order valence-electron chi connectivity index (χ1n) is 6.95. The number of aromatic nitrogens is 2. The minimum absolute atomic E-state index is 0.316. The Morgan fingerprint density at radius 1 is 1.33 bits per heavy atom.